The number of likely N-dealkylation sites (N-methyl/N-ethyl adjacent to an activating group) is 1. The van der Waals surface area contributed by atoms with Gasteiger partial charge in [-0.15, -0.1) is 0 Å². The highest BCUT2D eigenvalue weighted by Gasteiger charge is 2.34. The molecule has 6 nitrogen and oxygen atoms in total. The number of amides is 2. The van der Waals surface area contributed by atoms with Crippen molar-refractivity contribution in [3.8, 4) is 11.1 Å². The number of nitrogens with one attached hydrogen (secondary N) is 1. The summed E-state index contributed by atoms with van der Waals surface area (Å²) in [4.78, 5) is 39.0. The van der Waals surface area contributed by atoms with Crippen LogP contribution in [0.4, 0.5) is 8.78 Å². The van der Waals surface area contributed by atoms with E-state index in [0.29, 0.717) is 28.4 Å². The lowest BCUT2D eigenvalue weighted by atomic mass is 9.89. The van der Waals surface area contributed by atoms with E-state index in [9.17, 15) is 18.8 Å². The first kappa shape index (κ1) is 24.8. The summed E-state index contributed by atoms with van der Waals surface area (Å²) >= 11 is 3.27. The van der Waals surface area contributed by atoms with Crippen molar-refractivity contribution in [1.29, 1.82) is 0 Å². The van der Waals surface area contributed by atoms with Crippen molar-refractivity contribution in [2.45, 2.75) is 31.3 Å². The summed E-state index contributed by atoms with van der Waals surface area (Å²) in [5.41, 5.74) is 1.41. The van der Waals surface area contributed by atoms with Crippen LogP contribution in [-0.4, -0.2) is 41.4 Å². The van der Waals surface area contributed by atoms with Gasteiger partial charge in [0.1, 0.15) is 11.6 Å². The Hall–Kier alpha value is -3.33. The number of halogens is 3. The van der Waals surface area contributed by atoms with Gasteiger partial charge in [-0.05, 0) is 70.6 Å². The fraction of sp³-hybridized carbons (Fsp3) is 0.269. The average molecular weight is 544 g/mol. The number of carbonyl (C=O) groups excluding carboxylic acids is 2. The van der Waals surface area contributed by atoms with Crippen molar-refractivity contribution in [1.82, 2.24) is 14.8 Å². The van der Waals surface area contributed by atoms with Crippen LogP contribution in [0.3, 0.4) is 0 Å². The maximum Gasteiger partial charge on any atom is 0.311 e. The third-order valence-electron chi connectivity index (χ3n) is 6.22. The summed E-state index contributed by atoms with van der Waals surface area (Å²) in [6.45, 7) is 0. The van der Waals surface area contributed by atoms with Crippen LogP contribution in [0.25, 0.3) is 11.1 Å². The summed E-state index contributed by atoms with van der Waals surface area (Å²) in [5, 5.41) is 2.75. The Bertz CT molecular complexity index is 1360. The predicted octanol–water partition coefficient (Wildman–Crippen LogP) is 3.86. The van der Waals surface area contributed by atoms with Crippen molar-refractivity contribution in [2.75, 3.05) is 14.1 Å². The number of aryl methyl sites for hydroxylation is 1. The molecule has 2 amide bonds. The van der Waals surface area contributed by atoms with Gasteiger partial charge in [-0.25, -0.2) is 8.78 Å². The van der Waals surface area contributed by atoms with E-state index >= 15 is 4.39 Å². The van der Waals surface area contributed by atoms with Gasteiger partial charge in [0, 0.05) is 25.4 Å². The Morgan fingerprint density at radius 2 is 1.86 bits per heavy atom. The molecule has 0 spiro atoms. The van der Waals surface area contributed by atoms with E-state index in [1.54, 1.807) is 34.9 Å². The number of benzene rings is 2. The minimum atomic E-state index is -0.787. The molecule has 2 heterocycles. The maximum absolute atomic E-state index is 15.7. The Labute approximate surface area is 209 Å². The highest BCUT2D eigenvalue weighted by molar-refractivity contribution is 9.10. The van der Waals surface area contributed by atoms with Crippen molar-refractivity contribution < 1.29 is 18.4 Å². The van der Waals surface area contributed by atoms with E-state index in [-0.39, 0.29) is 17.5 Å². The number of nitrogens with zero attached hydrogens (tertiary/aromatic N) is 2. The quantitative estimate of drug-likeness (QED) is 0.508. The maximum atomic E-state index is 15.7. The third-order valence-corrected chi connectivity index (χ3v) is 6.83. The van der Waals surface area contributed by atoms with E-state index in [1.807, 2.05) is 6.07 Å². The lowest BCUT2D eigenvalue weighted by Crippen LogP contribution is -2.51. The molecule has 4 rings (SSSR count). The van der Waals surface area contributed by atoms with Crippen LogP contribution in [0.1, 0.15) is 23.7 Å². The van der Waals surface area contributed by atoms with Crippen LogP contribution < -0.4 is 10.9 Å². The van der Waals surface area contributed by atoms with Crippen LogP contribution >= 0.6 is 15.9 Å². The number of aromatic nitrogens is 1. The topological polar surface area (TPSA) is 71.4 Å². The fourth-order valence-electron chi connectivity index (χ4n) is 4.49. The first-order valence-corrected chi connectivity index (χ1v) is 11.9. The summed E-state index contributed by atoms with van der Waals surface area (Å²) in [5.74, 6) is -2.50. The fourth-order valence-corrected chi connectivity index (χ4v) is 4.81. The van der Waals surface area contributed by atoms with Crippen molar-refractivity contribution >= 4 is 27.7 Å². The Kier molecular flexibility index (Phi) is 7.16. The SMILES string of the molecule is CN(C)C(=O)C(=O)N[C@H]1CCc2ccc(Br)c(=O)n2[C@H]1Cc1cccc(-c2cccc(F)c2)c1F. The lowest BCUT2D eigenvalue weighted by Gasteiger charge is -2.36. The summed E-state index contributed by atoms with van der Waals surface area (Å²) < 4.78 is 31.3. The molecule has 0 radical (unpaired) electrons. The van der Waals surface area contributed by atoms with Gasteiger partial charge in [0.15, 0.2) is 0 Å². The summed E-state index contributed by atoms with van der Waals surface area (Å²) in [6.07, 6.45) is 1.06. The van der Waals surface area contributed by atoms with Gasteiger partial charge in [0.05, 0.1) is 16.6 Å². The second-order valence-corrected chi connectivity index (χ2v) is 9.58. The molecular formula is C26H24BrF2N3O3. The molecule has 0 aliphatic carbocycles. The first-order chi connectivity index (χ1) is 16.7. The van der Waals surface area contributed by atoms with Gasteiger partial charge in [-0.1, -0.05) is 30.3 Å². The van der Waals surface area contributed by atoms with E-state index in [4.69, 9.17) is 0 Å². The van der Waals surface area contributed by atoms with Gasteiger partial charge in [-0.3, -0.25) is 14.4 Å². The molecule has 1 aliphatic rings. The van der Waals surface area contributed by atoms with Crippen LogP contribution in [-0.2, 0) is 22.4 Å². The molecule has 182 valence electrons. The highest BCUT2D eigenvalue weighted by Crippen LogP contribution is 2.32. The molecule has 0 saturated heterocycles. The van der Waals surface area contributed by atoms with E-state index in [0.717, 1.165) is 5.69 Å². The van der Waals surface area contributed by atoms with Crippen LogP contribution in [0.2, 0.25) is 0 Å². The summed E-state index contributed by atoms with van der Waals surface area (Å²) in [7, 11) is 2.95. The molecule has 0 unspecified atom stereocenters. The van der Waals surface area contributed by atoms with E-state index in [1.165, 1.54) is 37.2 Å². The molecule has 0 fully saturated rings. The summed E-state index contributed by atoms with van der Waals surface area (Å²) in [6, 6.07) is 12.8. The zero-order valence-electron chi connectivity index (χ0n) is 19.2. The normalized spacial score (nSPS) is 16.9. The van der Waals surface area contributed by atoms with Gasteiger partial charge >= 0.3 is 11.8 Å². The number of fused-ring (bicyclic) bond motifs is 1. The van der Waals surface area contributed by atoms with Gasteiger partial charge in [0.25, 0.3) is 5.56 Å². The standard InChI is InChI=1S/C26H24BrF2N3O3/c1-31(2)26(35)24(33)30-21-12-10-18-9-11-20(27)25(34)32(18)22(21)14-16-6-4-8-19(23(16)29)15-5-3-7-17(28)13-15/h3-9,11,13,21-22H,10,12,14H2,1-2H3,(H,30,33)/t21-,22-/m0/s1. The molecule has 2 aromatic carbocycles. The molecule has 1 aromatic heterocycles. The third kappa shape index (κ3) is 5.05. The molecule has 1 aliphatic heterocycles. The number of carbonyl (C=O) groups is 2. The molecule has 9 heteroatoms. The molecule has 0 saturated carbocycles. The molecule has 3 aromatic rings. The van der Waals surface area contributed by atoms with Crippen LogP contribution in [0.15, 0.2) is 63.9 Å². The minimum absolute atomic E-state index is 0.0828. The minimum Gasteiger partial charge on any atom is -0.343 e. The van der Waals surface area contributed by atoms with Gasteiger partial charge in [0.2, 0.25) is 0 Å². The second-order valence-electron chi connectivity index (χ2n) is 8.73. The molecule has 35 heavy (non-hydrogen) atoms. The first-order valence-electron chi connectivity index (χ1n) is 11.1. The molecule has 0 bridgehead atoms. The monoisotopic (exact) mass is 543 g/mol. The largest absolute Gasteiger partial charge is 0.343 e. The molecule has 1 N–H and O–H groups in total. The highest BCUT2D eigenvalue weighted by atomic mass is 79.9. The van der Waals surface area contributed by atoms with Crippen molar-refractivity contribution in [2.24, 2.45) is 0 Å². The number of hydrogen-bond donors (Lipinski definition) is 1. The number of rotatable bonds is 4. The number of pyridine rings is 1. The average Bonchev–Trinajstić information content (AvgIpc) is 2.83. The van der Waals surface area contributed by atoms with E-state index in [2.05, 4.69) is 21.2 Å². The Balaban J connectivity index is 1.76. The Morgan fingerprint density at radius 3 is 2.57 bits per heavy atom. The van der Waals surface area contributed by atoms with Gasteiger partial charge in [-0.2, -0.15) is 0 Å². The van der Waals surface area contributed by atoms with Crippen molar-refractivity contribution in [3.05, 3.63) is 92.3 Å². The van der Waals surface area contributed by atoms with Crippen molar-refractivity contribution in [3.63, 3.8) is 0 Å². The smallest absolute Gasteiger partial charge is 0.311 e. The van der Waals surface area contributed by atoms with E-state index < -0.39 is 35.5 Å². The second kappa shape index (κ2) is 10.1. The lowest BCUT2D eigenvalue weighted by molar-refractivity contribution is -0.144. The number of hydrogen-bond acceptors (Lipinski definition) is 3. The zero-order chi connectivity index (χ0) is 25.3. The zero-order valence-corrected chi connectivity index (χ0v) is 20.8. The van der Waals surface area contributed by atoms with Gasteiger partial charge < -0.3 is 14.8 Å². The predicted molar refractivity (Wildman–Crippen MR) is 132 cm³/mol. The molecular weight excluding hydrogens is 520 g/mol. The molecule has 2 atom stereocenters. The van der Waals surface area contributed by atoms with Crippen LogP contribution in [0.5, 0.6) is 0 Å². The Morgan fingerprint density at radius 1 is 1.11 bits per heavy atom. The van der Waals surface area contributed by atoms with Crippen LogP contribution in [0, 0.1) is 11.6 Å².